The molecule has 1 saturated heterocycles. The molecule has 32 heavy (non-hydrogen) atoms. The molecular weight excluding hydrogens is 426 g/mol. The minimum atomic E-state index is -3.67. The van der Waals surface area contributed by atoms with Gasteiger partial charge in [-0.1, -0.05) is 24.3 Å². The van der Waals surface area contributed by atoms with E-state index >= 15 is 0 Å². The number of anilines is 1. The third-order valence-electron chi connectivity index (χ3n) is 6.74. The zero-order chi connectivity index (χ0) is 23.2. The Labute approximate surface area is 189 Å². The molecule has 7 nitrogen and oxygen atoms in total. The van der Waals surface area contributed by atoms with Crippen LogP contribution in [0.5, 0.6) is 0 Å². The molecule has 2 aromatic carbocycles. The Morgan fingerprint density at radius 1 is 0.969 bits per heavy atom. The molecule has 1 atom stereocenters. The van der Waals surface area contributed by atoms with Crippen molar-refractivity contribution >= 4 is 27.5 Å². The van der Waals surface area contributed by atoms with Gasteiger partial charge in [0.05, 0.1) is 10.8 Å². The van der Waals surface area contributed by atoms with Gasteiger partial charge in [-0.15, -0.1) is 0 Å². The average molecular weight is 456 g/mol. The predicted octanol–water partition coefficient (Wildman–Crippen LogP) is 2.88. The number of hydrogen-bond donors (Lipinski definition) is 1. The summed E-state index contributed by atoms with van der Waals surface area (Å²) in [5.41, 5.74) is 4.94. The van der Waals surface area contributed by atoms with Crippen molar-refractivity contribution in [3.63, 3.8) is 0 Å². The van der Waals surface area contributed by atoms with Crippen LogP contribution in [0.15, 0.2) is 35.2 Å². The van der Waals surface area contributed by atoms with Gasteiger partial charge in [-0.3, -0.25) is 9.59 Å². The molecule has 2 aliphatic heterocycles. The molecule has 2 aliphatic rings. The van der Waals surface area contributed by atoms with Gasteiger partial charge < -0.3 is 10.2 Å². The van der Waals surface area contributed by atoms with E-state index < -0.39 is 15.9 Å². The molecule has 170 valence electrons. The number of nitrogens with zero attached hydrogens (tertiary/aromatic N) is 2. The maximum absolute atomic E-state index is 13.5. The number of carbonyl (C=O) groups excluding carboxylic acids is 2. The van der Waals surface area contributed by atoms with E-state index in [1.54, 1.807) is 11.0 Å². The Bertz CT molecular complexity index is 1170. The maximum atomic E-state index is 13.5. The summed E-state index contributed by atoms with van der Waals surface area (Å²) >= 11 is 0. The van der Waals surface area contributed by atoms with Crippen LogP contribution in [0.2, 0.25) is 0 Å². The number of rotatable bonds is 3. The smallest absolute Gasteiger partial charge is 0.243 e. The summed E-state index contributed by atoms with van der Waals surface area (Å²) in [6.07, 6.45) is 0.106. The summed E-state index contributed by atoms with van der Waals surface area (Å²) in [6.45, 7) is 8.63. The fourth-order valence-electron chi connectivity index (χ4n) is 4.70. The molecule has 1 fully saturated rings. The Morgan fingerprint density at radius 3 is 2.19 bits per heavy atom. The highest BCUT2D eigenvalue weighted by molar-refractivity contribution is 7.89. The van der Waals surface area contributed by atoms with Crippen LogP contribution in [0.25, 0.3) is 0 Å². The molecule has 4 rings (SSSR count). The van der Waals surface area contributed by atoms with Crippen molar-refractivity contribution in [2.45, 2.75) is 44.9 Å². The SMILES string of the molecule is Cc1cc(C)c(C)c(S(=O)(=O)N2CCN(C(=O)C3CC(=O)Nc4ccccc43)CC2)c1C. The summed E-state index contributed by atoms with van der Waals surface area (Å²) in [5.74, 6) is -0.834. The summed E-state index contributed by atoms with van der Waals surface area (Å²) in [7, 11) is -3.67. The van der Waals surface area contributed by atoms with E-state index in [0.717, 1.165) is 27.8 Å². The number of amides is 2. The summed E-state index contributed by atoms with van der Waals surface area (Å²) in [4.78, 5) is 27.4. The molecule has 0 aromatic heterocycles. The number of carbonyl (C=O) groups is 2. The number of nitrogens with one attached hydrogen (secondary N) is 1. The molecule has 1 unspecified atom stereocenters. The molecule has 0 saturated carbocycles. The van der Waals surface area contributed by atoms with Gasteiger partial charge in [0, 0.05) is 38.3 Å². The molecule has 8 heteroatoms. The fourth-order valence-corrected chi connectivity index (χ4v) is 6.70. The second-order valence-corrected chi connectivity index (χ2v) is 10.6. The first kappa shape index (κ1) is 22.5. The van der Waals surface area contributed by atoms with Crippen LogP contribution in [0.4, 0.5) is 5.69 Å². The Hall–Kier alpha value is -2.71. The average Bonchev–Trinajstić information content (AvgIpc) is 2.76. The standard InChI is InChI=1S/C24H29N3O4S/c1-15-13-16(2)18(4)23(17(15)3)32(30,31)27-11-9-26(10-12-27)24(29)20-14-22(28)25-21-8-6-5-7-19(20)21/h5-8,13,20H,9-12,14H2,1-4H3,(H,25,28). The normalized spacial score (nSPS) is 19.4. The van der Waals surface area contributed by atoms with Crippen LogP contribution in [-0.2, 0) is 19.6 Å². The molecule has 1 N–H and O–H groups in total. The lowest BCUT2D eigenvalue weighted by Crippen LogP contribution is -2.52. The second kappa shape index (κ2) is 8.33. The minimum Gasteiger partial charge on any atom is -0.340 e. The van der Waals surface area contributed by atoms with E-state index in [0.29, 0.717) is 23.7 Å². The van der Waals surface area contributed by atoms with E-state index in [1.165, 1.54) is 4.31 Å². The van der Waals surface area contributed by atoms with Crippen molar-refractivity contribution in [1.82, 2.24) is 9.21 Å². The van der Waals surface area contributed by atoms with E-state index in [1.807, 2.05) is 52.0 Å². The lowest BCUT2D eigenvalue weighted by Gasteiger charge is -2.37. The number of para-hydroxylation sites is 1. The minimum absolute atomic E-state index is 0.106. The monoisotopic (exact) mass is 455 g/mol. The highest BCUT2D eigenvalue weighted by atomic mass is 32.2. The summed E-state index contributed by atoms with van der Waals surface area (Å²) < 4.78 is 28.5. The van der Waals surface area contributed by atoms with Crippen molar-refractivity contribution < 1.29 is 18.0 Å². The van der Waals surface area contributed by atoms with Crippen LogP contribution in [0.1, 0.15) is 40.2 Å². The Balaban J connectivity index is 1.53. The van der Waals surface area contributed by atoms with Gasteiger partial charge in [0.25, 0.3) is 0 Å². The van der Waals surface area contributed by atoms with Crippen LogP contribution in [-0.4, -0.2) is 55.6 Å². The fraction of sp³-hybridized carbons (Fsp3) is 0.417. The van der Waals surface area contributed by atoms with Crippen molar-refractivity contribution in [1.29, 1.82) is 0 Å². The number of hydrogen-bond acceptors (Lipinski definition) is 4. The lowest BCUT2D eigenvalue weighted by molar-refractivity contribution is -0.136. The third kappa shape index (κ3) is 3.82. The van der Waals surface area contributed by atoms with Crippen LogP contribution >= 0.6 is 0 Å². The zero-order valence-corrected chi connectivity index (χ0v) is 19.8. The maximum Gasteiger partial charge on any atom is 0.243 e. The largest absolute Gasteiger partial charge is 0.340 e. The van der Waals surface area contributed by atoms with Gasteiger partial charge in [0.1, 0.15) is 0 Å². The number of fused-ring (bicyclic) bond motifs is 1. The number of aryl methyl sites for hydroxylation is 2. The van der Waals surface area contributed by atoms with Crippen molar-refractivity contribution in [3.8, 4) is 0 Å². The van der Waals surface area contributed by atoms with E-state index in [2.05, 4.69) is 5.32 Å². The highest BCUT2D eigenvalue weighted by Gasteiger charge is 2.37. The van der Waals surface area contributed by atoms with Crippen molar-refractivity contribution in [2.24, 2.45) is 0 Å². The first-order chi connectivity index (χ1) is 15.1. The first-order valence-electron chi connectivity index (χ1n) is 10.9. The molecule has 2 amide bonds. The quantitative estimate of drug-likeness (QED) is 0.771. The summed E-state index contributed by atoms with van der Waals surface area (Å²) in [5, 5.41) is 2.82. The second-order valence-electron chi connectivity index (χ2n) is 8.71. The summed E-state index contributed by atoms with van der Waals surface area (Å²) in [6, 6.07) is 9.36. The molecule has 0 spiro atoms. The third-order valence-corrected chi connectivity index (χ3v) is 8.92. The number of benzene rings is 2. The first-order valence-corrected chi connectivity index (χ1v) is 12.3. The number of piperazine rings is 1. The highest BCUT2D eigenvalue weighted by Crippen LogP contribution is 2.34. The van der Waals surface area contributed by atoms with Crippen molar-refractivity contribution in [3.05, 3.63) is 58.1 Å². The zero-order valence-electron chi connectivity index (χ0n) is 18.9. The molecule has 0 radical (unpaired) electrons. The van der Waals surface area contributed by atoms with Crippen LogP contribution < -0.4 is 5.32 Å². The van der Waals surface area contributed by atoms with Crippen molar-refractivity contribution in [2.75, 3.05) is 31.5 Å². The lowest BCUT2D eigenvalue weighted by atomic mass is 9.89. The number of sulfonamides is 1. The predicted molar refractivity (Wildman–Crippen MR) is 123 cm³/mol. The van der Waals surface area contributed by atoms with Gasteiger partial charge in [-0.2, -0.15) is 4.31 Å². The molecular formula is C24H29N3O4S. The molecule has 2 aromatic rings. The van der Waals surface area contributed by atoms with Gasteiger partial charge in [-0.05, 0) is 61.6 Å². The van der Waals surface area contributed by atoms with E-state index in [9.17, 15) is 18.0 Å². The molecule has 0 bridgehead atoms. The topological polar surface area (TPSA) is 86.8 Å². The van der Waals surface area contributed by atoms with E-state index in [-0.39, 0.29) is 31.3 Å². The Morgan fingerprint density at radius 2 is 1.56 bits per heavy atom. The molecule has 0 aliphatic carbocycles. The van der Waals surface area contributed by atoms with Gasteiger partial charge in [-0.25, -0.2) is 8.42 Å². The van der Waals surface area contributed by atoms with Gasteiger partial charge >= 0.3 is 0 Å². The van der Waals surface area contributed by atoms with Crippen LogP contribution in [0, 0.1) is 27.7 Å². The van der Waals surface area contributed by atoms with Gasteiger partial charge in [0.15, 0.2) is 0 Å². The Kier molecular flexibility index (Phi) is 5.85. The van der Waals surface area contributed by atoms with Crippen LogP contribution in [0.3, 0.4) is 0 Å². The molecule has 2 heterocycles. The van der Waals surface area contributed by atoms with E-state index in [4.69, 9.17) is 0 Å². The van der Waals surface area contributed by atoms with Gasteiger partial charge in [0.2, 0.25) is 21.8 Å².